The van der Waals surface area contributed by atoms with Gasteiger partial charge in [-0.15, -0.1) is 0 Å². The normalized spacial score (nSPS) is 17.5. The van der Waals surface area contributed by atoms with E-state index in [1.165, 1.54) is 0 Å². The second kappa shape index (κ2) is 10.2. The molecular formula is C25H22Br2IN5O3. The van der Waals surface area contributed by atoms with E-state index in [0.29, 0.717) is 12.4 Å². The van der Waals surface area contributed by atoms with Crippen LogP contribution in [0.3, 0.4) is 0 Å². The summed E-state index contributed by atoms with van der Waals surface area (Å²) in [6.45, 7) is 5.51. The Labute approximate surface area is 238 Å². The molecule has 36 heavy (non-hydrogen) atoms. The summed E-state index contributed by atoms with van der Waals surface area (Å²) in [4.78, 5) is 20.2. The first-order valence-corrected chi connectivity index (χ1v) is 13.9. The van der Waals surface area contributed by atoms with Crippen molar-refractivity contribution in [3.8, 4) is 34.3 Å². The van der Waals surface area contributed by atoms with Crippen molar-refractivity contribution in [1.29, 1.82) is 0 Å². The summed E-state index contributed by atoms with van der Waals surface area (Å²) in [5.74, 6) is 2.83. The number of nitrogens with two attached hydrogens (primary N) is 1. The van der Waals surface area contributed by atoms with E-state index < -0.39 is 5.91 Å². The van der Waals surface area contributed by atoms with Gasteiger partial charge in [0.2, 0.25) is 0 Å². The number of hydrogen-bond acceptors (Lipinski definition) is 5. The van der Waals surface area contributed by atoms with Crippen LogP contribution in [0.5, 0.6) is 11.5 Å². The lowest BCUT2D eigenvalue weighted by atomic mass is 10.2. The average molecular weight is 727 g/mol. The van der Waals surface area contributed by atoms with Gasteiger partial charge in [-0.2, -0.15) is 0 Å². The lowest BCUT2D eigenvalue weighted by Gasteiger charge is -2.12. The van der Waals surface area contributed by atoms with E-state index in [2.05, 4.69) is 88.2 Å². The van der Waals surface area contributed by atoms with Crippen LogP contribution in [0.25, 0.3) is 22.8 Å². The van der Waals surface area contributed by atoms with Gasteiger partial charge in [-0.05, 0) is 72.8 Å². The predicted octanol–water partition coefficient (Wildman–Crippen LogP) is 5.89. The third-order valence-corrected chi connectivity index (χ3v) is 7.21. The summed E-state index contributed by atoms with van der Waals surface area (Å²) in [5.41, 5.74) is 7.47. The zero-order valence-corrected chi connectivity index (χ0v) is 24.7. The number of primary amides is 1. The van der Waals surface area contributed by atoms with Crippen LogP contribution in [0.4, 0.5) is 0 Å². The number of ether oxygens (including phenoxy) is 2. The van der Waals surface area contributed by atoms with Crippen molar-refractivity contribution in [2.24, 2.45) is 5.73 Å². The molecule has 0 bridgehead atoms. The zero-order valence-electron chi connectivity index (χ0n) is 19.4. The van der Waals surface area contributed by atoms with Gasteiger partial charge in [0.05, 0.1) is 24.2 Å². The second-order valence-corrected chi connectivity index (χ2v) is 11.6. The molecule has 2 N–H and O–H groups in total. The molecule has 0 saturated heterocycles. The molecule has 2 aromatic heterocycles. The standard InChI is InChI=1S/C13H12BrN3O2.C12H10BrIN2O/c1-7-5-17-6-10(12(15)18)16-13(17)9-4-8(14)2-3-11(9)19-7;1-7-5-16-6-11(14)15-12(16)9-4-8(13)2-3-10(9)17-7/h2-4,6-7H,5H2,1H3,(H2,15,18);2-4,6-7H,5H2,1H3. The van der Waals surface area contributed by atoms with Crippen LogP contribution in [0, 0.1) is 3.70 Å². The summed E-state index contributed by atoms with van der Waals surface area (Å²) in [6, 6.07) is 11.8. The van der Waals surface area contributed by atoms with Crippen molar-refractivity contribution in [3.05, 3.63) is 67.1 Å². The third kappa shape index (κ3) is 5.18. The number of rotatable bonds is 1. The average Bonchev–Trinajstić information content (AvgIpc) is 3.33. The molecule has 2 aliphatic rings. The molecule has 1 amide bonds. The zero-order chi connectivity index (χ0) is 25.6. The highest BCUT2D eigenvalue weighted by molar-refractivity contribution is 14.1. The fraction of sp³-hybridized carbons (Fsp3) is 0.240. The van der Waals surface area contributed by atoms with Gasteiger partial charge >= 0.3 is 0 Å². The minimum absolute atomic E-state index is 0.00361. The van der Waals surface area contributed by atoms with E-state index in [4.69, 9.17) is 15.2 Å². The minimum atomic E-state index is -0.523. The lowest BCUT2D eigenvalue weighted by molar-refractivity contribution is 0.0995. The molecule has 0 spiro atoms. The van der Waals surface area contributed by atoms with Crippen LogP contribution in [-0.2, 0) is 13.1 Å². The van der Waals surface area contributed by atoms with Gasteiger partial charge in [0.1, 0.15) is 44.8 Å². The highest BCUT2D eigenvalue weighted by Crippen LogP contribution is 2.36. The van der Waals surface area contributed by atoms with Crippen LogP contribution in [-0.4, -0.2) is 37.2 Å². The number of amides is 1. The molecule has 11 heteroatoms. The number of carbonyl (C=O) groups is 1. The van der Waals surface area contributed by atoms with E-state index in [1.54, 1.807) is 6.20 Å². The Morgan fingerprint density at radius 3 is 1.94 bits per heavy atom. The Morgan fingerprint density at radius 2 is 1.42 bits per heavy atom. The molecule has 4 aromatic rings. The van der Waals surface area contributed by atoms with Crippen molar-refractivity contribution >= 4 is 60.4 Å². The molecule has 2 aromatic carbocycles. The Kier molecular flexibility index (Phi) is 7.14. The van der Waals surface area contributed by atoms with Crippen LogP contribution < -0.4 is 15.2 Å². The predicted molar refractivity (Wildman–Crippen MR) is 152 cm³/mol. The van der Waals surface area contributed by atoms with Crippen LogP contribution >= 0.6 is 54.5 Å². The number of nitrogens with zero attached hydrogens (tertiary/aromatic N) is 4. The minimum Gasteiger partial charge on any atom is -0.488 e. The number of benzene rings is 2. The van der Waals surface area contributed by atoms with Gasteiger partial charge in [-0.1, -0.05) is 31.9 Å². The quantitative estimate of drug-likeness (QED) is 0.247. The van der Waals surface area contributed by atoms with Crippen LogP contribution in [0.2, 0.25) is 0 Å². The number of imidazole rings is 2. The van der Waals surface area contributed by atoms with Crippen molar-refractivity contribution in [3.63, 3.8) is 0 Å². The second-order valence-electron chi connectivity index (χ2n) is 8.64. The first-order chi connectivity index (χ1) is 17.2. The number of hydrogen-bond donors (Lipinski definition) is 1. The molecule has 0 aliphatic carbocycles. The monoisotopic (exact) mass is 725 g/mol. The Bertz CT molecular complexity index is 1470. The summed E-state index contributed by atoms with van der Waals surface area (Å²) in [6.07, 6.45) is 3.89. The summed E-state index contributed by atoms with van der Waals surface area (Å²) in [7, 11) is 0. The number of halogens is 3. The molecule has 0 radical (unpaired) electrons. The summed E-state index contributed by atoms with van der Waals surface area (Å²) < 4.78 is 18.8. The molecule has 186 valence electrons. The highest BCUT2D eigenvalue weighted by Gasteiger charge is 2.23. The number of fused-ring (bicyclic) bond motifs is 6. The molecule has 2 unspecified atom stereocenters. The first kappa shape index (κ1) is 25.3. The SMILES string of the molecule is CC1Cn2cc(C(N)=O)nc2-c2cc(Br)ccc2O1.CC1Cn2cc(I)nc2-c2cc(Br)ccc2O1. The highest BCUT2D eigenvalue weighted by atomic mass is 127. The van der Waals surface area contributed by atoms with Gasteiger partial charge in [0, 0.05) is 21.3 Å². The third-order valence-electron chi connectivity index (χ3n) is 5.71. The Hall–Kier alpha value is -2.38. The molecule has 0 fully saturated rings. The van der Waals surface area contributed by atoms with E-state index in [9.17, 15) is 4.79 Å². The topological polar surface area (TPSA) is 97.2 Å². The number of carbonyl (C=O) groups excluding carboxylic acids is 1. The molecule has 0 saturated carbocycles. The molecule has 2 aliphatic heterocycles. The Morgan fingerprint density at radius 1 is 0.917 bits per heavy atom. The van der Waals surface area contributed by atoms with Gasteiger partial charge < -0.3 is 24.3 Å². The maximum absolute atomic E-state index is 11.3. The van der Waals surface area contributed by atoms with Crippen molar-refractivity contribution in [1.82, 2.24) is 19.1 Å². The van der Waals surface area contributed by atoms with Crippen molar-refractivity contribution < 1.29 is 14.3 Å². The van der Waals surface area contributed by atoms with Crippen molar-refractivity contribution in [2.75, 3.05) is 0 Å². The maximum atomic E-state index is 11.3. The first-order valence-electron chi connectivity index (χ1n) is 11.2. The summed E-state index contributed by atoms with van der Waals surface area (Å²) in [5, 5.41) is 0. The smallest absolute Gasteiger partial charge is 0.268 e. The molecule has 6 rings (SSSR count). The largest absolute Gasteiger partial charge is 0.488 e. The van der Waals surface area contributed by atoms with Gasteiger partial charge in [-0.25, -0.2) is 9.97 Å². The van der Waals surface area contributed by atoms with Crippen LogP contribution in [0.15, 0.2) is 57.7 Å². The molecule has 4 heterocycles. The van der Waals surface area contributed by atoms with Gasteiger partial charge in [0.25, 0.3) is 5.91 Å². The Balaban J connectivity index is 0.000000149. The fourth-order valence-corrected chi connectivity index (χ4v) is 5.54. The summed E-state index contributed by atoms with van der Waals surface area (Å²) >= 11 is 9.17. The fourth-order valence-electron chi connectivity index (χ4n) is 4.25. The number of aromatic nitrogens is 4. The molecular weight excluding hydrogens is 705 g/mol. The molecule has 2 atom stereocenters. The van der Waals surface area contributed by atoms with E-state index in [0.717, 1.165) is 47.6 Å². The van der Waals surface area contributed by atoms with Crippen molar-refractivity contribution in [2.45, 2.75) is 39.1 Å². The molecule has 8 nitrogen and oxygen atoms in total. The maximum Gasteiger partial charge on any atom is 0.268 e. The lowest BCUT2D eigenvalue weighted by Crippen LogP contribution is -2.17. The van der Waals surface area contributed by atoms with Gasteiger partial charge in [-0.3, -0.25) is 4.79 Å². The van der Waals surface area contributed by atoms with E-state index in [-0.39, 0.29) is 17.9 Å². The van der Waals surface area contributed by atoms with E-state index in [1.807, 2.05) is 41.8 Å². The van der Waals surface area contributed by atoms with Crippen LogP contribution in [0.1, 0.15) is 24.3 Å². The van der Waals surface area contributed by atoms with Gasteiger partial charge in [0.15, 0.2) is 0 Å². The van der Waals surface area contributed by atoms with E-state index >= 15 is 0 Å².